The van der Waals surface area contributed by atoms with Gasteiger partial charge in [0.15, 0.2) is 0 Å². The van der Waals surface area contributed by atoms with Crippen LogP contribution in [0.3, 0.4) is 0 Å². The molecule has 0 saturated carbocycles. The van der Waals surface area contributed by atoms with Crippen molar-refractivity contribution in [3.8, 4) is 0 Å². The summed E-state index contributed by atoms with van der Waals surface area (Å²) < 4.78 is 1.78. The van der Waals surface area contributed by atoms with Gasteiger partial charge in [-0.25, -0.2) is 4.79 Å². The maximum absolute atomic E-state index is 11.7. The maximum Gasteiger partial charge on any atom is 0.349 e. The lowest BCUT2D eigenvalue weighted by molar-refractivity contribution is -0.256. The molecule has 16 heavy (non-hydrogen) atoms. The fraction of sp³-hybridized carbons (Fsp3) is 0.364. The van der Waals surface area contributed by atoms with Crippen molar-refractivity contribution in [1.82, 2.24) is 0 Å². The first-order valence-corrected chi connectivity index (χ1v) is 6.38. The Kier molecular flexibility index (Phi) is 5.44. The van der Waals surface area contributed by atoms with Gasteiger partial charge in [-0.2, -0.15) is 4.89 Å². The average molecular weight is 352 g/mol. The molecule has 3 nitrogen and oxygen atoms in total. The smallest absolute Gasteiger partial charge is 0.298 e. The highest BCUT2D eigenvalue weighted by atomic mass is 79.9. The number of rotatable bonds is 4. The van der Waals surface area contributed by atoms with E-state index in [1.54, 1.807) is 0 Å². The number of hydrogen-bond acceptors (Lipinski definition) is 3. The van der Waals surface area contributed by atoms with Crippen molar-refractivity contribution in [1.29, 1.82) is 0 Å². The Hall–Kier alpha value is -0.390. The van der Waals surface area contributed by atoms with Gasteiger partial charge in [0.05, 0.1) is 13.0 Å². The van der Waals surface area contributed by atoms with E-state index in [-0.39, 0.29) is 11.9 Å². The van der Waals surface area contributed by atoms with Crippen LogP contribution in [0.5, 0.6) is 0 Å². The summed E-state index contributed by atoms with van der Waals surface area (Å²) >= 11 is 6.85. The number of benzene rings is 1. The van der Waals surface area contributed by atoms with Gasteiger partial charge in [-0.1, -0.05) is 19.1 Å². The fourth-order valence-corrected chi connectivity index (χ4v) is 2.37. The van der Waals surface area contributed by atoms with Crippen LogP contribution in [-0.4, -0.2) is 13.1 Å². The molecule has 0 fully saturated rings. The van der Waals surface area contributed by atoms with Crippen LogP contribution in [0.1, 0.15) is 24.8 Å². The number of carbonyl (C=O) groups excluding carboxylic acids is 1. The minimum Gasteiger partial charge on any atom is -0.298 e. The van der Waals surface area contributed by atoms with Gasteiger partial charge in [0.25, 0.3) is 0 Å². The van der Waals surface area contributed by atoms with E-state index in [9.17, 15) is 4.79 Å². The van der Waals surface area contributed by atoms with E-state index < -0.39 is 0 Å². The van der Waals surface area contributed by atoms with E-state index in [0.717, 1.165) is 14.5 Å². The van der Waals surface area contributed by atoms with Gasteiger partial charge >= 0.3 is 5.97 Å². The normalized spacial score (nSPS) is 12.2. The van der Waals surface area contributed by atoms with Gasteiger partial charge in [-0.05, 0) is 49.9 Å². The quantitative estimate of drug-likeness (QED) is 0.611. The Bertz CT molecular complexity index is 379. The second-order valence-electron chi connectivity index (χ2n) is 3.17. The molecular formula is C11H12Br2O3. The zero-order chi connectivity index (χ0) is 12.1. The average Bonchev–Trinajstić information content (AvgIpc) is 2.25. The van der Waals surface area contributed by atoms with Crippen molar-refractivity contribution in [2.75, 3.05) is 7.11 Å². The van der Waals surface area contributed by atoms with Crippen LogP contribution < -0.4 is 0 Å². The third-order valence-electron chi connectivity index (χ3n) is 2.22. The molecule has 0 radical (unpaired) electrons. The molecule has 0 aliphatic rings. The first-order chi connectivity index (χ1) is 7.61. The van der Waals surface area contributed by atoms with Crippen LogP contribution in [0.4, 0.5) is 0 Å². The van der Waals surface area contributed by atoms with Crippen LogP contribution in [0.15, 0.2) is 27.1 Å². The first kappa shape index (κ1) is 13.7. The zero-order valence-electron chi connectivity index (χ0n) is 9.00. The summed E-state index contributed by atoms with van der Waals surface area (Å²) in [5.74, 6) is -0.712. The van der Waals surface area contributed by atoms with Gasteiger partial charge in [0, 0.05) is 8.95 Å². The molecule has 88 valence electrons. The lowest BCUT2D eigenvalue weighted by Crippen LogP contribution is -2.15. The van der Waals surface area contributed by atoms with Crippen molar-refractivity contribution in [3.63, 3.8) is 0 Å². The van der Waals surface area contributed by atoms with E-state index in [4.69, 9.17) is 0 Å². The molecule has 0 N–H and O–H groups in total. The van der Waals surface area contributed by atoms with Crippen molar-refractivity contribution in [2.45, 2.75) is 19.3 Å². The predicted molar refractivity (Wildman–Crippen MR) is 68.0 cm³/mol. The molecule has 1 aromatic rings. The van der Waals surface area contributed by atoms with E-state index in [1.165, 1.54) is 7.11 Å². The number of hydrogen-bond donors (Lipinski definition) is 0. The van der Waals surface area contributed by atoms with Gasteiger partial charge in [0.2, 0.25) is 0 Å². The Labute approximate surface area is 111 Å². The molecule has 0 spiro atoms. The van der Waals surface area contributed by atoms with Crippen LogP contribution in [0, 0.1) is 0 Å². The van der Waals surface area contributed by atoms with Crippen molar-refractivity contribution >= 4 is 37.8 Å². The van der Waals surface area contributed by atoms with Gasteiger partial charge < -0.3 is 0 Å². The highest BCUT2D eigenvalue weighted by molar-refractivity contribution is 9.13. The SMILES string of the molecule is CCC(C(=O)OOC)c1cccc(Br)c1Br. The molecule has 1 aromatic carbocycles. The molecule has 0 aromatic heterocycles. The molecule has 0 heterocycles. The summed E-state index contributed by atoms with van der Waals surface area (Å²) in [5.41, 5.74) is 0.888. The summed E-state index contributed by atoms with van der Waals surface area (Å²) in [6.45, 7) is 1.93. The summed E-state index contributed by atoms with van der Waals surface area (Å²) in [6, 6.07) is 5.68. The van der Waals surface area contributed by atoms with Crippen LogP contribution in [-0.2, 0) is 14.6 Å². The van der Waals surface area contributed by atoms with Crippen LogP contribution >= 0.6 is 31.9 Å². The molecule has 5 heteroatoms. The molecule has 1 atom stereocenters. The molecule has 0 aliphatic carbocycles. The van der Waals surface area contributed by atoms with E-state index in [2.05, 4.69) is 41.6 Å². The largest absolute Gasteiger partial charge is 0.349 e. The lowest BCUT2D eigenvalue weighted by atomic mass is 9.97. The third-order valence-corrected chi connectivity index (χ3v) is 4.29. The third kappa shape index (κ3) is 3.06. The topological polar surface area (TPSA) is 35.5 Å². The molecule has 0 aliphatic heterocycles. The van der Waals surface area contributed by atoms with Crippen molar-refractivity contribution in [2.24, 2.45) is 0 Å². The van der Waals surface area contributed by atoms with Gasteiger partial charge in [-0.15, -0.1) is 0 Å². The fourth-order valence-electron chi connectivity index (χ4n) is 1.44. The molecular weight excluding hydrogens is 340 g/mol. The van der Waals surface area contributed by atoms with Crippen LogP contribution in [0.25, 0.3) is 0 Å². The van der Waals surface area contributed by atoms with E-state index in [1.807, 2.05) is 25.1 Å². The first-order valence-electron chi connectivity index (χ1n) is 4.80. The molecule has 0 saturated heterocycles. The Morgan fingerprint density at radius 1 is 1.44 bits per heavy atom. The highest BCUT2D eigenvalue weighted by Gasteiger charge is 2.23. The molecule has 1 unspecified atom stereocenters. The monoisotopic (exact) mass is 350 g/mol. The van der Waals surface area contributed by atoms with Crippen molar-refractivity contribution in [3.05, 3.63) is 32.7 Å². The Morgan fingerprint density at radius 3 is 2.69 bits per heavy atom. The number of carbonyl (C=O) groups is 1. The zero-order valence-corrected chi connectivity index (χ0v) is 12.2. The molecule has 1 rings (SSSR count). The van der Waals surface area contributed by atoms with Crippen molar-refractivity contribution < 1.29 is 14.6 Å². The summed E-state index contributed by atoms with van der Waals surface area (Å²) in [5, 5.41) is 0. The summed E-state index contributed by atoms with van der Waals surface area (Å²) in [6.07, 6.45) is 0.650. The number of halogens is 2. The van der Waals surface area contributed by atoms with Gasteiger partial charge in [-0.3, -0.25) is 4.89 Å². The maximum atomic E-state index is 11.7. The highest BCUT2D eigenvalue weighted by Crippen LogP contribution is 2.33. The van der Waals surface area contributed by atoms with Gasteiger partial charge in [0.1, 0.15) is 0 Å². The predicted octanol–water partition coefficient (Wildman–Crippen LogP) is 3.81. The minimum atomic E-state index is -0.385. The molecule has 0 bridgehead atoms. The van der Waals surface area contributed by atoms with E-state index in [0.29, 0.717) is 6.42 Å². The minimum absolute atomic E-state index is 0.327. The standard InChI is InChI=1S/C11H12Br2O3/c1-3-7(11(14)16-15-2)8-5-4-6-9(12)10(8)13/h4-7H,3H2,1-2H3. The Morgan fingerprint density at radius 2 is 2.12 bits per heavy atom. The second-order valence-corrected chi connectivity index (χ2v) is 4.82. The van der Waals surface area contributed by atoms with E-state index >= 15 is 0 Å². The lowest BCUT2D eigenvalue weighted by Gasteiger charge is -2.14. The van der Waals surface area contributed by atoms with Crippen LogP contribution in [0.2, 0.25) is 0 Å². The summed E-state index contributed by atoms with van der Waals surface area (Å²) in [7, 11) is 1.32. The molecule has 0 amide bonds. The second kappa shape index (κ2) is 6.37. The summed E-state index contributed by atoms with van der Waals surface area (Å²) in [4.78, 5) is 20.6. The Balaban J connectivity index is 3.04.